The minimum Gasteiger partial charge on any atom is -0.457 e. The molecule has 0 radical (unpaired) electrons. The Morgan fingerprint density at radius 2 is 0.539 bits per heavy atom. The van der Waals surface area contributed by atoms with Crippen LogP contribution >= 0.6 is 0 Å². The lowest BCUT2D eigenvalue weighted by molar-refractivity contribution is -0.108. The average molecular weight is 1310 g/mol. The molecule has 480 valence electrons. The van der Waals surface area contributed by atoms with Crippen LogP contribution in [-0.2, 0) is 4.79 Å². The Labute approximate surface area is 595 Å². The summed E-state index contributed by atoms with van der Waals surface area (Å²) in [5.41, 5.74) is 24.4. The topological polar surface area (TPSA) is 55.8 Å². The van der Waals surface area contributed by atoms with E-state index in [0.717, 1.165) is 139 Å². The van der Waals surface area contributed by atoms with Crippen molar-refractivity contribution < 1.29 is 19.4 Å². The van der Waals surface area contributed by atoms with E-state index in [2.05, 4.69) is 109 Å². The lowest BCUT2D eigenvalue weighted by Gasteiger charge is -2.16. The van der Waals surface area contributed by atoms with Crippen LogP contribution in [0.3, 0.4) is 0 Å². The van der Waals surface area contributed by atoms with Gasteiger partial charge in [0, 0.05) is 50.1 Å². The van der Waals surface area contributed by atoms with Crippen LogP contribution in [0, 0.1) is 23.7 Å². The molecule has 0 saturated heterocycles. The quantitative estimate of drug-likeness (QED) is 0.104. The molecule has 0 bridgehead atoms. The van der Waals surface area contributed by atoms with Crippen molar-refractivity contribution in [1.29, 1.82) is 0 Å². The van der Waals surface area contributed by atoms with Gasteiger partial charge in [-0.1, -0.05) is 297 Å². The summed E-state index contributed by atoms with van der Waals surface area (Å²) in [4.78, 5) is 15.4. The van der Waals surface area contributed by atoms with Gasteiger partial charge in [-0.15, -0.1) is 0 Å². The molecule has 0 aliphatic heterocycles. The van der Waals surface area contributed by atoms with Crippen LogP contribution in [0.2, 0.25) is 0 Å². The van der Waals surface area contributed by atoms with Gasteiger partial charge in [0.05, 0.1) is 0 Å². The van der Waals surface area contributed by atoms with Crippen molar-refractivity contribution in [2.45, 2.75) is 6.10 Å². The fraction of sp³-hybridized carbons (Fsp3) is 0.0102. The number of Topliss-reactive ketones (excluding diaryl/α,β-unsaturated/α-hetero) is 1. The largest absolute Gasteiger partial charge is 0.457 e. The van der Waals surface area contributed by atoms with E-state index in [9.17, 15) is 5.11 Å². The molecule has 0 heterocycles. The second-order valence-electron chi connectivity index (χ2n) is 25.2. The van der Waals surface area contributed by atoms with Gasteiger partial charge in [0.15, 0.2) is 5.78 Å². The number of allylic oxidation sites excluding steroid dienone is 11. The van der Waals surface area contributed by atoms with Crippen molar-refractivity contribution in [2.75, 3.05) is 0 Å². The Kier molecular flexibility index (Phi) is 17.6. The van der Waals surface area contributed by atoms with Crippen molar-refractivity contribution in [3.63, 3.8) is 0 Å². The van der Waals surface area contributed by atoms with Crippen molar-refractivity contribution >= 4 is 67.1 Å². The summed E-state index contributed by atoms with van der Waals surface area (Å²) < 4.78 is 13.4. The first kappa shape index (κ1) is 63.1. The van der Waals surface area contributed by atoms with E-state index in [0.29, 0.717) is 34.1 Å². The van der Waals surface area contributed by atoms with E-state index in [1.165, 1.54) is 0 Å². The molecule has 1 atom stereocenters. The van der Waals surface area contributed by atoms with Gasteiger partial charge in [0.1, 0.15) is 29.1 Å². The van der Waals surface area contributed by atoms with Gasteiger partial charge in [-0.2, -0.15) is 0 Å². The standard InChI is InChI=1S/C98H64O4/c1-66-88(73-32-16-5-17-33-73)91(94(89(66)74-34-18-6-19-35-74)81-63-69(44-42-67-26-10-2-11-27-67)62-70(64-81)45-43-68-28-12-3-13-29-68)78-48-56-83(57-49-78)102-85-60-52-80(53-61-85)93-92(95(76-38-22-8-23-39-76)98(100)96(93)77-40-24-9-25-41-77)79-50-58-84(59-51-79)101-82-54-46-72(47-55-82)86-65-87(71-30-14-4-15-31-71)97(99)90(86)75-36-20-7-21-37-75/h2-41,46-65,97,99H,1H2. The third-order valence-corrected chi connectivity index (χ3v) is 18.7. The minimum atomic E-state index is -0.790. The first-order valence-electron chi connectivity index (χ1n) is 34.1. The van der Waals surface area contributed by atoms with Gasteiger partial charge < -0.3 is 14.6 Å². The molecule has 13 aromatic rings. The van der Waals surface area contributed by atoms with E-state index in [1.54, 1.807) is 0 Å². The van der Waals surface area contributed by atoms with Gasteiger partial charge in [0.25, 0.3) is 0 Å². The summed E-state index contributed by atoms with van der Waals surface area (Å²) in [6.07, 6.45) is 1.31. The Hall–Kier alpha value is -13.6. The van der Waals surface area contributed by atoms with Crippen LogP contribution in [0.15, 0.2) is 376 Å². The summed E-state index contributed by atoms with van der Waals surface area (Å²) >= 11 is 0. The maximum Gasteiger partial charge on any atom is 0.195 e. The lowest BCUT2D eigenvalue weighted by atomic mass is 9.87. The Balaban J connectivity index is 0.728. The molecule has 1 unspecified atom stereocenters. The molecule has 0 saturated carbocycles. The molecule has 102 heavy (non-hydrogen) atoms. The van der Waals surface area contributed by atoms with E-state index in [4.69, 9.17) is 16.1 Å². The van der Waals surface area contributed by atoms with E-state index >= 15 is 4.79 Å². The van der Waals surface area contributed by atoms with Crippen molar-refractivity contribution in [2.24, 2.45) is 0 Å². The Morgan fingerprint density at radius 1 is 0.265 bits per heavy atom. The number of ketones is 1. The summed E-state index contributed by atoms with van der Waals surface area (Å²) in [5.74, 6) is 16.4. The highest BCUT2D eigenvalue weighted by atomic mass is 16.5. The number of carbonyl (C=O) groups excluding carboxylic acids is 1. The fourth-order valence-corrected chi connectivity index (χ4v) is 14.0. The Bertz CT molecular complexity index is 5590. The van der Waals surface area contributed by atoms with E-state index in [1.807, 2.05) is 279 Å². The molecule has 1 N–H and O–H groups in total. The van der Waals surface area contributed by atoms with Crippen LogP contribution in [-0.4, -0.2) is 17.0 Å². The van der Waals surface area contributed by atoms with Crippen LogP contribution in [0.1, 0.15) is 83.5 Å². The molecule has 0 spiro atoms. The van der Waals surface area contributed by atoms with Crippen LogP contribution in [0.4, 0.5) is 0 Å². The first-order valence-corrected chi connectivity index (χ1v) is 34.1. The van der Waals surface area contributed by atoms with E-state index < -0.39 is 6.10 Å². The third kappa shape index (κ3) is 13.0. The number of hydrogen-bond acceptors (Lipinski definition) is 4. The zero-order valence-electron chi connectivity index (χ0n) is 55.6. The molecular weight excluding hydrogens is 1240 g/mol. The molecule has 3 aliphatic carbocycles. The number of rotatable bonds is 15. The van der Waals surface area contributed by atoms with Crippen LogP contribution in [0.25, 0.3) is 61.3 Å². The number of aliphatic hydroxyl groups is 1. The molecule has 4 nitrogen and oxygen atoms in total. The number of hydrogen-bond donors (Lipinski definition) is 1. The summed E-state index contributed by atoms with van der Waals surface area (Å²) in [6.45, 7) is 4.91. The zero-order chi connectivity index (χ0) is 68.7. The highest BCUT2D eigenvalue weighted by Crippen LogP contribution is 2.55. The first-order chi connectivity index (χ1) is 50.3. The highest BCUT2D eigenvalue weighted by molar-refractivity contribution is 6.59. The van der Waals surface area contributed by atoms with Gasteiger partial charge in [0.2, 0.25) is 0 Å². The molecule has 0 fully saturated rings. The van der Waals surface area contributed by atoms with Crippen molar-refractivity contribution in [3.8, 4) is 46.7 Å². The van der Waals surface area contributed by atoms with Gasteiger partial charge in [-0.3, -0.25) is 4.79 Å². The molecule has 0 aromatic heterocycles. The lowest BCUT2D eigenvalue weighted by Crippen LogP contribution is -2.09. The number of benzene rings is 13. The second-order valence-corrected chi connectivity index (χ2v) is 25.2. The summed E-state index contributed by atoms with van der Waals surface area (Å²) in [7, 11) is 0. The number of aliphatic hydroxyl groups excluding tert-OH is 1. The highest BCUT2D eigenvalue weighted by Gasteiger charge is 2.37. The maximum absolute atomic E-state index is 15.4. The predicted molar refractivity (Wildman–Crippen MR) is 418 cm³/mol. The average Bonchev–Trinajstić information content (AvgIpc) is 1.58. The van der Waals surface area contributed by atoms with Gasteiger partial charge >= 0.3 is 0 Å². The smallest absolute Gasteiger partial charge is 0.195 e. The number of ether oxygens (including phenoxy) is 2. The van der Waals surface area contributed by atoms with Crippen LogP contribution < -0.4 is 9.47 Å². The predicted octanol–water partition coefficient (Wildman–Crippen LogP) is 22.6. The molecular formula is C98H64O4. The molecule has 13 aromatic carbocycles. The molecule has 0 amide bonds. The third-order valence-electron chi connectivity index (χ3n) is 18.7. The van der Waals surface area contributed by atoms with Crippen molar-refractivity contribution in [3.05, 3.63) is 460 Å². The van der Waals surface area contributed by atoms with Gasteiger partial charge in [-0.25, -0.2) is 0 Å². The Morgan fingerprint density at radius 3 is 0.902 bits per heavy atom. The second kappa shape index (κ2) is 28.5. The van der Waals surface area contributed by atoms with Gasteiger partial charge in [-0.05, 0) is 197 Å². The summed E-state index contributed by atoms with van der Waals surface area (Å²) in [6, 6.07) is 120. The van der Waals surface area contributed by atoms with Crippen LogP contribution in [0.5, 0.6) is 23.0 Å². The molecule has 16 rings (SSSR count). The zero-order valence-corrected chi connectivity index (χ0v) is 55.6. The summed E-state index contributed by atoms with van der Waals surface area (Å²) in [5, 5.41) is 11.9. The monoisotopic (exact) mass is 1300 g/mol. The molecule has 4 heteroatoms. The van der Waals surface area contributed by atoms with E-state index in [-0.39, 0.29) is 5.78 Å². The SMILES string of the molecule is C=C1C(c2ccccc2)=C(c2ccc(Oc3ccc(C4=C(c5ccccc5)C(=O)C(c5ccccc5)=C4c4ccc(Oc5ccc(C6=C(c7ccccc7)C(O)C(c7ccccc7)=C6)cc5)cc4)cc3)cc2)C(c2cc(C#Cc3ccccc3)cc(C#Cc3ccccc3)c2)=C1c1ccccc1. The molecule has 3 aliphatic rings. The normalized spacial score (nSPS) is 14.2. The fourth-order valence-electron chi connectivity index (χ4n) is 14.0. The maximum atomic E-state index is 15.4. The minimum absolute atomic E-state index is 0.0591. The van der Waals surface area contributed by atoms with Crippen molar-refractivity contribution in [1.82, 2.24) is 0 Å². The number of carbonyl (C=O) groups is 1.